The summed E-state index contributed by atoms with van der Waals surface area (Å²) in [4.78, 5) is 46.6. The first kappa shape index (κ1) is 24.5. The number of para-hydroxylation sites is 1. The number of hydrogen-bond acceptors (Lipinski definition) is 5. The number of carbonyl (C=O) groups excluding carboxylic acids is 3. The highest BCUT2D eigenvalue weighted by Gasteiger charge is 2.34. The molecule has 2 aliphatic heterocycles. The SMILES string of the molecule is CN1CC(O)=C(c2cccc(NC(=O)NC3N=C(C4CCCCC4)c4ccccc4N(C)C3=O)c2)C1=O. The van der Waals surface area contributed by atoms with E-state index in [1.54, 1.807) is 43.3 Å². The molecule has 1 atom stereocenters. The van der Waals surface area contributed by atoms with Crippen LogP contribution in [-0.4, -0.2) is 60.4 Å². The highest BCUT2D eigenvalue weighted by molar-refractivity contribution is 6.22. The highest BCUT2D eigenvalue weighted by Crippen LogP contribution is 2.33. The number of benzodiazepines with no additional fused rings is 1. The Morgan fingerprint density at radius 1 is 1.03 bits per heavy atom. The molecular weight excluding hydrogens is 470 g/mol. The third kappa shape index (κ3) is 4.81. The second-order valence-corrected chi connectivity index (χ2v) is 9.83. The van der Waals surface area contributed by atoms with E-state index in [1.807, 2.05) is 24.3 Å². The van der Waals surface area contributed by atoms with Crippen molar-refractivity contribution in [3.05, 3.63) is 65.4 Å². The van der Waals surface area contributed by atoms with Crippen LogP contribution in [-0.2, 0) is 9.59 Å². The molecule has 5 rings (SSSR count). The average Bonchev–Trinajstić information content (AvgIpc) is 3.11. The fourth-order valence-electron chi connectivity index (χ4n) is 5.37. The van der Waals surface area contributed by atoms with Gasteiger partial charge < -0.3 is 25.5 Å². The minimum absolute atomic E-state index is 0.00895. The molecular formula is C28H31N5O4. The number of benzene rings is 2. The maximum absolute atomic E-state index is 13.4. The van der Waals surface area contributed by atoms with Gasteiger partial charge in [-0.05, 0) is 36.6 Å². The minimum atomic E-state index is -1.07. The molecule has 3 aliphatic rings. The third-order valence-electron chi connectivity index (χ3n) is 7.28. The molecule has 37 heavy (non-hydrogen) atoms. The Balaban J connectivity index is 1.38. The van der Waals surface area contributed by atoms with Crippen LogP contribution >= 0.6 is 0 Å². The Kier molecular flexibility index (Phi) is 6.69. The Labute approximate surface area is 215 Å². The molecule has 0 bridgehead atoms. The van der Waals surface area contributed by atoms with Gasteiger partial charge in [-0.25, -0.2) is 4.79 Å². The van der Waals surface area contributed by atoms with Crippen LogP contribution in [0.2, 0.25) is 0 Å². The van der Waals surface area contributed by atoms with Crippen LogP contribution in [0.5, 0.6) is 0 Å². The van der Waals surface area contributed by atoms with Crippen LogP contribution in [0.15, 0.2) is 59.3 Å². The summed E-state index contributed by atoms with van der Waals surface area (Å²) < 4.78 is 0. The van der Waals surface area contributed by atoms with E-state index in [0.717, 1.165) is 42.6 Å². The fraction of sp³-hybridized carbons (Fsp3) is 0.357. The van der Waals surface area contributed by atoms with Gasteiger partial charge in [0.25, 0.3) is 11.8 Å². The van der Waals surface area contributed by atoms with Crippen molar-refractivity contribution in [2.45, 2.75) is 38.3 Å². The van der Waals surface area contributed by atoms with E-state index in [9.17, 15) is 19.5 Å². The molecule has 9 nitrogen and oxygen atoms in total. The lowest BCUT2D eigenvalue weighted by molar-refractivity contribution is -0.122. The highest BCUT2D eigenvalue weighted by atomic mass is 16.3. The number of aliphatic hydroxyl groups is 1. The maximum Gasteiger partial charge on any atom is 0.321 e. The van der Waals surface area contributed by atoms with E-state index in [0.29, 0.717) is 11.3 Å². The van der Waals surface area contributed by atoms with Crippen LogP contribution in [0.4, 0.5) is 16.2 Å². The standard InChI is InChI=1S/C28H31N5O4/c1-32-16-22(34)23(26(32)35)18-11-8-12-19(15-18)29-28(37)31-25-27(36)33(2)21-14-7-6-13-20(21)24(30-25)17-9-4-3-5-10-17/h6-8,11-15,17,25,34H,3-5,9-10,16H2,1-2H3,(H2,29,31,37). The van der Waals surface area contributed by atoms with E-state index in [4.69, 9.17) is 4.99 Å². The summed E-state index contributed by atoms with van der Waals surface area (Å²) in [6.45, 7) is 0.146. The number of urea groups is 1. The number of anilines is 2. The molecule has 2 aromatic carbocycles. The summed E-state index contributed by atoms with van der Waals surface area (Å²) in [5.74, 6) is -0.376. The lowest BCUT2D eigenvalue weighted by atomic mass is 9.83. The zero-order chi connectivity index (χ0) is 26.1. The van der Waals surface area contributed by atoms with Gasteiger partial charge in [-0.15, -0.1) is 0 Å². The Morgan fingerprint density at radius 2 is 1.78 bits per heavy atom. The van der Waals surface area contributed by atoms with Gasteiger partial charge in [0.05, 0.1) is 23.5 Å². The predicted molar refractivity (Wildman–Crippen MR) is 143 cm³/mol. The summed E-state index contributed by atoms with van der Waals surface area (Å²) in [5.41, 5.74) is 3.73. The van der Waals surface area contributed by atoms with E-state index in [-0.39, 0.29) is 35.6 Å². The number of hydrogen-bond donors (Lipinski definition) is 3. The molecule has 1 aliphatic carbocycles. The van der Waals surface area contributed by atoms with Gasteiger partial charge in [0.2, 0.25) is 6.17 Å². The molecule has 0 spiro atoms. The largest absolute Gasteiger partial charge is 0.510 e. The topological polar surface area (TPSA) is 114 Å². The normalized spacial score (nSPS) is 20.5. The van der Waals surface area contributed by atoms with Gasteiger partial charge in [0.15, 0.2) is 0 Å². The summed E-state index contributed by atoms with van der Waals surface area (Å²) >= 11 is 0. The van der Waals surface area contributed by atoms with Crippen molar-refractivity contribution < 1.29 is 19.5 Å². The quantitative estimate of drug-likeness (QED) is 0.589. The van der Waals surface area contributed by atoms with Crippen molar-refractivity contribution in [3.63, 3.8) is 0 Å². The smallest absolute Gasteiger partial charge is 0.321 e. The minimum Gasteiger partial charge on any atom is -0.510 e. The van der Waals surface area contributed by atoms with Crippen molar-refractivity contribution in [3.8, 4) is 0 Å². The molecule has 2 heterocycles. The van der Waals surface area contributed by atoms with Gasteiger partial charge in [0, 0.05) is 31.3 Å². The number of nitrogens with zero attached hydrogens (tertiary/aromatic N) is 3. The van der Waals surface area contributed by atoms with Gasteiger partial charge in [-0.3, -0.25) is 14.6 Å². The Morgan fingerprint density at radius 3 is 2.51 bits per heavy atom. The number of aliphatic imine (C=N–C) groups is 1. The maximum atomic E-state index is 13.4. The third-order valence-corrected chi connectivity index (χ3v) is 7.28. The lowest BCUT2D eigenvalue weighted by Gasteiger charge is -2.25. The van der Waals surface area contributed by atoms with E-state index in [1.165, 1.54) is 11.3 Å². The number of rotatable bonds is 4. The Hall–Kier alpha value is -4.14. The number of amides is 4. The number of likely N-dealkylation sites (N-methyl/N-ethyl adjacent to an activating group) is 2. The first-order valence-corrected chi connectivity index (χ1v) is 12.6. The predicted octanol–water partition coefficient (Wildman–Crippen LogP) is 3.92. The van der Waals surface area contributed by atoms with Crippen LogP contribution in [0.3, 0.4) is 0 Å². The molecule has 2 aromatic rings. The average molecular weight is 502 g/mol. The molecule has 4 amide bonds. The molecule has 0 saturated heterocycles. The first-order valence-electron chi connectivity index (χ1n) is 12.6. The van der Waals surface area contributed by atoms with Crippen LogP contribution in [0.1, 0.15) is 43.2 Å². The summed E-state index contributed by atoms with van der Waals surface area (Å²) in [6.07, 6.45) is 4.38. The number of fused-ring (bicyclic) bond motifs is 1. The van der Waals surface area contributed by atoms with E-state index in [2.05, 4.69) is 10.6 Å². The van der Waals surface area contributed by atoms with Crippen molar-refractivity contribution >= 4 is 40.5 Å². The molecule has 0 aromatic heterocycles. The summed E-state index contributed by atoms with van der Waals surface area (Å²) in [7, 11) is 3.31. The van der Waals surface area contributed by atoms with Gasteiger partial charge in [0.1, 0.15) is 5.76 Å². The number of aliphatic hydroxyl groups excluding tert-OH is 1. The van der Waals surface area contributed by atoms with Crippen LogP contribution in [0.25, 0.3) is 5.57 Å². The van der Waals surface area contributed by atoms with E-state index < -0.39 is 12.2 Å². The second-order valence-electron chi connectivity index (χ2n) is 9.83. The first-order chi connectivity index (χ1) is 17.8. The zero-order valence-electron chi connectivity index (χ0n) is 21.0. The van der Waals surface area contributed by atoms with Crippen LogP contribution in [0, 0.1) is 5.92 Å². The molecule has 1 fully saturated rings. The fourth-order valence-corrected chi connectivity index (χ4v) is 5.37. The number of nitrogens with one attached hydrogen (secondary N) is 2. The zero-order valence-corrected chi connectivity index (χ0v) is 21.0. The molecule has 192 valence electrons. The van der Waals surface area contributed by atoms with Crippen molar-refractivity contribution in [2.24, 2.45) is 10.9 Å². The molecule has 3 N–H and O–H groups in total. The van der Waals surface area contributed by atoms with Crippen molar-refractivity contribution in [2.75, 3.05) is 30.9 Å². The van der Waals surface area contributed by atoms with Crippen molar-refractivity contribution in [1.29, 1.82) is 0 Å². The van der Waals surface area contributed by atoms with Crippen LogP contribution < -0.4 is 15.5 Å². The molecule has 1 unspecified atom stereocenters. The van der Waals surface area contributed by atoms with Gasteiger partial charge in [-0.2, -0.15) is 0 Å². The molecule has 1 saturated carbocycles. The monoisotopic (exact) mass is 501 g/mol. The lowest BCUT2D eigenvalue weighted by Crippen LogP contribution is -2.47. The van der Waals surface area contributed by atoms with E-state index >= 15 is 0 Å². The van der Waals surface area contributed by atoms with Gasteiger partial charge in [-0.1, -0.05) is 49.6 Å². The summed E-state index contributed by atoms with van der Waals surface area (Å²) in [5, 5.41) is 15.7. The number of carbonyl (C=O) groups is 3. The Bertz CT molecular complexity index is 1310. The van der Waals surface area contributed by atoms with Gasteiger partial charge >= 0.3 is 6.03 Å². The summed E-state index contributed by atoms with van der Waals surface area (Å²) in [6, 6.07) is 13.8. The molecule has 0 radical (unpaired) electrons. The molecule has 9 heteroatoms. The second kappa shape index (κ2) is 10.1. The van der Waals surface area contributed by atoms with Crippen molar-refractivity contribution in [1.82, 2.24) is 10.2 Å².